The van der Waals surface area contributed by atoms with Gasteiger partial charge in [0.1, 0.15) is 11.6 Å². The molecule has 1 aliphatic heterocycles. The molecule has 0 spiro atoms. The number of rotatable bonds is 3. The van der Waals surface area contributed by atoms with E-state index in [1.165, 1.54) is 0 Å². The lowest BCUT2D eigenvalue weighted by atomic mass is 10.2. The summed E-state index contributed by atoms with van der Waals surface area (Å²) in [6.07, 6.45) is 6.65. The second-order valence-electron chi connectivity index (χ2n) is 5.88. The van der Waals surface area contributed by atoms with Gasteiger partial charge < -0.3 is 14.2 Å². The molecule has 2 aromatic heterocycles. The van der Waals surface area contributed by atoms with Crippen LogP contribution in [0.2, 0.25) is 0 Å². The third kappa shape index (κ3) is 3.38. The van der Waals surface area contributed by atoms with Crippen molar-refractivity contribution in [1.29, 1.82) is 0 Å². The molecule has 0 saturated carbocycles. The summed E-state index contributed by atoms with van der Waals surface area (Å²) in [6, 6.07) is 11.5. The van der Waals surface area contributed by atoms with Crippen LogP contribution in [0.1, 0.15) is 5.76 Å². The van der Waals surface area contributed by atoms with E-state index < -0.39 is 0 Å². The Balaban J connectivity index is 1.39. The van der Waals surface area contributed by atoms with E-state index in [9.17, 15) is 4.79 Å². The van der Waals surface area contributed by atoms with Crippen molar-refractivity contribution in [1.82, 2.24) is 14.9 Å². The van der Waals surface area contributed by atoms with Crippen LogP contribution in [0.4, 0.5) is 5.82 Å². The summed E-state index contributed by atoms with van der Waals surface area (Å²) in [7, 11) is 0. The standard InChI is InChI=1S/C19H18N4O2/c24-19(8-7-15-4-3-13-25-15)23-11-9-22(10-12-23)18-14-20-16-5-1-2-6-17(16)21-18/h1-8,13-14H,9-12H2/b8-7+. The van der Waals surface area contributed by atoms with Crippen LogP contribution in [-0.2, 0) is 4.79 Å². The zero-order valence-corrected chi connectivity index (χ0v) is 13.7. The Labute approximate surface area is 145 Å². The van der Waals surface area contributed by atoms with Gasteiger partial charge in [-0.05, 0) is 30.3 Å². The highest BCUT2D eigenvalue weighted by atomic mass is 16.3. The second-order valence-corrected chi connectivity index (χ2v) is 5.88. The van der Waals surface area contributed by atoms with Crippen molar-refractivity contribution in [3.8, 4) is 0 Å². The van der Waals surface area contributed by atoms with Gasteiger partial charge in [0, 0.05) is 32.3 Å². The third-order valence-electron chi connectivity index (χ3n) is 4.28. The number of hydrogen-bond acceptors (Lipinski definition) is 5. The Hall–Kier alpha value is -3.15. The number of benzene rings is 1. The largest absolute Gasteiger partial charge is 0.465 e. The molecule has 0 bridgehead atoms. The van der Waals surface area contributed by atoms with Crippen LogP contribution in [0.3, 0.4) is 0 Å². The van der Waals surface area contributed by atoms with E-state index in [0.717, 1.165) is 29.9 Å². The maximum Gasteiger partial charge on any atom is 0.246 e. The summed E-state index contributed by atoms with van der Waals surface area (Å²) in [5.41, 5.74) is 1.78. The van der Waals surface area contributed by atoms with Gasteiger partial charge in [0.15, 0.2) is 0 Å². The van der Waals surface area contributed by atoms with Crippen LogP contribution in [0.15, 0.2) is 59.4 Å². The number of anilines is 1. The first-order valence-electron chi connectivity index (χ1n) is 8.27. The summed E-state index contributed by atoms with van der Waals surface area (Å²) in [5, 5.41) is 0. The van der Waals surface area contributed by atoms with E-state index in [1.807, 2.05) is 35.2 Å². The summed E-state index contributed by atoms with van der Waals surface area (Å²) >= 11 is 0. The topological polar surface area (TPSA) is 62.5 Å². The van der Waals surface area contributed by atoms with Gasteiger partial charge in [-0.1, -0.05) is 12.1 Å². The van der Waals surface area contributed by atoms with E-state index in [4.69, 9.17) is 4.42 Å². The summed E-state index contributed by atoms with van der Waals surface area (Å²) in [5.74, 6) is 1.54. The van der Waals surface area contributed by atoms with Crippen molar-refractivity contribution in [2.24, 2.45) is 0 Å². The van der Waals surface area contributed by atoms with Crippen LogP contribution >= 0.6 is 0 Å². The summed E-state index contributed by atoms with van der Waals surface area (Å²) < 4.78 is 5.20. The van der Waals surface area contributed by atoms with E-state index >= 15 is 0 Å². The number of piperazine rings is 1. The molecule has 126 valence electrons. The molecule has 0 unspecified atom stereocenters. The molecule has 3 aromatic rings. The lowest BCUT2D eigenvalue weighted by molar-refractivity contribution is -0.126. The van der Waals surface area contributed by atoms with Gasteiger partial charge in [-0.25, -0.2) is 4.98 Å². The molecule has 3 heterocycles. The van der Waals surface area contributed by atoms with E-state index in [0.29, 0.717) is 18.8 Å². The Kier molecular flexibility index (Phi) is 4.16. The highest BCUT2D eigenvalue weighted by Gasteiger charge is 2.21. The van der Waals surface area contributed by atoms with Crippen molar-refractivity contribution in [2.75, 3.05) is 31.1 Å². The Morgan fingerprint density at radius 2 is 1.84 bits per heavy atom. The highest BCUT2D eigenvalue weighted by Crippen LogP contribution is 2.17. The number of carbonyl (C=O) groups excluding carboxylic acids is 1. The number of para-hydroxylation sites is 2. The number of fused-ring (bicyclic) bond motifs is 1. The van der Waals surface area contributed by atoms with E-state index in [2.05, 4.69) is 14.9 Å². The Morgan fingerprint density at radius 1 is 1.04 bits per heavy atom. The molecule has 1 fully saturated rings. The molecule has 1 saturated heterocycles. The molecule has 6 heteroatoms. The predicted octanol–water partition coefficient (Wildman–Crippen LogP) is 2.58. The fourth-order valence-electron chi connectivity index (χ4n) is 2.90. The maximum atomic E-state index is 12.3. The minimum atomic E-state index is 0.000598. The molecular weight excluding hydrogens is 316 g/mol. The van der Waals surface area contributed by atoms with Gasteiger partial charge in [0.2, 0.25) is 5.91 Å². The number of amides is 1. The number of hydrogen-bond donors (Lipinski definition) is 0. The Bertz CT molecular complexity index is 897. The average Bonchev–Trinajstić information content (AvgIpc) is 3.19. The van der Waals surface area contributed by atoms with Gasteiger partial charge in [-0.15, -0.1) is 0 Å². The zero-order valence-electron chi connectivity index (χ0n) is 13.7. The molecule has 4 rings (SSSR count). The third-order valence-corrected chi connectivity index (χ3v) is 4.28. The molecule has 25 heavy (non-hydrogen) atoms. The smallest absolute Gasteiger partial charge is 0.246 e. The molecule has 6 nitrogen and oxygen atoms in total. The van der Waals surface area contributed by atoms with Crippen molar-refractivity contribution in [3.63, 3.8) is 0 Å². The summed E-state index contributed by atoms with van der Waals surface area (Å²) in [6.45, 7) is 2.81. The number of aromatic nitrogens is 2. The normalized spacial score (nSPS) is 15.2. The van der Waals surface area contributed by atoms with Crippen LogP contribution in [-0.4, -0.2) is 47.0 Å². The molecule has 1 amide bonds. The lowest BCUT2D eigenvalue weighted by Gasteiger charge is -2.34. The second kappa shape index (κ2) is 6.76. The van der Waals surface area contributed by atoms with E-state index in [-0.39, 0.29) is 5.91 Å². The molecule has 1 aromatic carbocycles. The van der Waals surface area contributed by atoms with Gasteiger partial charge in [0.25, 0.3) is 0 Å². The predicted molar refractivity (Wildman–Crippen MR) is 96.1 cm³/mol. The van der Waals surface area contributed by atoms with Crippen molar-refractivity contribution in [3.05, 3.63) is 60.7 Å². The first-order chi connectivity index (χ1) is 12.3. The highest BCUT2D eigenvalue weighted by molar-refractivity contribution is 5.91. The molecule has 0 N–H and O–H groups in total. The minimum absolute atomic E-state index is 0.000598. The van der Waals surface area contributed by atoms with Crippen molar-refractivity contribution in [2.45, 2.75) is 0 Å². The molecule has 1 aliphatic rings. The molecule has 0 aliphatic carbocycles. The van der Waals surface area contributed by atoms with Crippen LogP contribution < -0.4 is 4.90 Å². The summed E-state index contributed by atoms with van der Waals surface area (Å²) in [4.78, 5) is 25.4. The first-order valence-corrected chi connectivity index (χ1v) is 8.27. The average molecular weight is 334 g/mol. The number of carbonyl (C=O) groups is 1. The van der Waals surface area contributed by atoms with Gasteiger partial charge >= 0.3 is 0 Å². The number of nitrogens with zero attached hydrogens (tertiary/aromatic N) is 4. The van der Waals surface area contributed by atoms with Gasteiger partial charge in [0.05, 0.1) is 23.5 Å². The van der Waals surface area contributed by atoms with Crippen LogP contribution in [0, 0.1) is 0 Å². The zero-order chi connectivity index (χ0) is 17.1. The minimum Gasteiger partial charge on any atom is -0.465 e. The van der Waals surface area contributed by atoms with Crippen LogP contribution in [0.5, 0.6) is 0 Å². The van der Waals surface area contributed by atoms with Crippen LogP contribution in [0.25, 0.3) is 17.1 Å². The lowest BCUT2D eigenvalue weighted by Crippen LogP contribution is -2.48. The quantitative estimate of drug-likeness (QED) is 0.689. The SMILES string of the molecule is O=C(/C=C/c1ccco1)N1CCN(c2cnc3ccccc3n2)CC1. The fourth-order valence-corrected chi connectivity index (χ4v) is 2.90. The van der Waals surface area contributed by atoms with Gasteiger partial charge in [-0.3, -0.25) is 9.78 Å². The van der Waals surface area contributed by atoms with Gasteiger partial charge in [-0.2, -0.15) is 0 Å². The van der Waals surface area contributed by atoms with Crippen molar-refractivity contribution < 1.29 is 9.21 Å². The number of furan rings is 1. The fraction of sp³-hybridized carbons (Fsp3) is 0.211. The maximum absolute atomic E-state index is 12.3. The van der Waals surface area contributed by atoms with E-state index in [1.54, 1.807) is 30.7 Å². The molecule has 0 atom stereocenters. The Morgan fingerprint density at radius 3 is 2.60 bits per heavy atom. The molecular formula is C19H18N4O2. The monoisotopic (exact) mass is 334 g/mol. The molecule has 0 radical (unpaired) electrons. The van der Waals surface area contributed by atoms with Crippen molar-refractivity contribution >= 4 is 28.8 Å². The first kappa shape index (κ1) is 15.4.